The van der Waals surface area contributed by atoms with Crippen molar-refractivity contribution in [1.29, 1.82) is 0 Å². The first kappa shape index (κ1) is 32.9. The highest BCUT2D eigenvalue weighted by molar-refractivity contribution is 6.13. The summed E-state index contributed by atoms with van der Waals surface area (Å²) in [7, 11) is 0. The molecule has 0 aliphatic rings. The van der Waals surface area contributed by atoms with Crippen LogP contribution in [0, 0.1) is 17.8 Å². The quantitative estimate of drug-likeness (QED) is 0.203. The molecule has 1 heterocycles. The van der Waals surface area contributed by atoms with Crippen LogP contribution in [0.2, 0.25) is 0 Å². The minimum absolute atomic E-state index is 0. The first-order valence-electron chi connectivity index (χ1n) is 11.8. The van der Waals surface area contributed by atoms with Crippen LogP contribution in [0.25, 0.3) is 0 Å². The molecule has 1 aromatic heterocycles. The van der Waals surface area contributed by atoms with E-state index < -0.39 is 41.8 Å². The van der Waals surface area contributed by atoms with Gasteiger partial charge in [0, 0.05) is 12.4 Å². The standard InChI is InChI=1S/C23H37N5O5.BH2O2/c1-13(2)9-16(27-22(31)19-12-24-7-8-25-19)20(29)26-17(10-14(3)4)21(30)28-18(23(32)33)11-15(5)6;2-1-3/h7-8,12-18H,9-11H2,1-6H3,(H,26,29)(H,27,31)(H,28,30)(H,32,33);2-3H/t16-,17-,18-;/m0./s1. The van der Waals surface area contributed by atoms with E-state index in [1.807, 2.05) is 41.5 Å². The number of carboxylic acid groups (broad SMARTS) is 1. The Morgan fingerprint density at radius 1 is 0.778 bits per heavy atom. The molecule has 0 aromatic carbocycles. The molecule has 36 heavy (non-hydrogen) atoms. The second-order valence-electron chi connectivity index (χ2n) is 9.58. The summed E-state index contributed by atoms with van der Waals surface area (Å²) in [4.78, 5) is 57.9. The Morgan fingerprint density at radius 3 is 1.58 bits per heavy atom. The highest BCUT2D eigenvalue weighted by Crippen LogP contribution is 2.11. The molecule has 0 aliphatic heterocycles. The van der Waals surface area contributed by atoms with E-state index in [-0.39, 0.29) is 37.6 Å². The largest absolute Gasteiger partial charge is 0.482 e. The van der Waals surface area contributed by atoms with Crippen LogP contribution in [0.3, 0.4) is 0 Å². The molecule has 1 radical (unpaired) electrons. The van der Waals surface area contributed by atoms with Crippen LogP contribution < -0.4 is 16.0 Å². The van der Waals surface area contributed by atoms with Gasteiger partial charge in [0.05, 0.1) is 6.20 Å². The maximum Gasteiger partial charge on any atom is 0.482 e. The minimum Gasteiger partial charge on any atom is -0.480 e. The Kier molecular flexibility index (Phi) is 15.9. The summed E-state index contributed by atoms with van der Waals surface area (Å²) in [5, 5.41) is 31.4. The minimum atomic E-state index is -1.12. The number of carbonyl (C=O) groups excluding carboxylic acids is 3. The second-order valence-corrected chi connectivity index (χ2v) is 9.58. The van der Waals surface area contributed by atoms with Crippen LogP contribution in [0.4, 0.5) is 0 Å². The molecule has 0 bridgehead atoms. The van der Waals surface area contributed by atoms with Gasteiger partial charge in [-0.15, -0.1) is 0 Å². The third-order valence-corrected chi connectivity index (χ3v) is 4.79. The molecule has 3 amide bonds. The Hall–Kier alpha value is -3.06. The van der Waals surface area contributed by atoms with Gasteiger partial charge in [-0.05, 0) is 37.0 Å². The normalized spacial score (nSPS) is 13.2. The van der Waals surface area contributed by atoms with Crippen molar-refractivity contribution in [3.63, 3.8) is 0 Å². The van der Waals surface area contributed by atoms with Crippen LogP contribution in [0.15, 0.2) is 18.6 Å². The molecule has 0 spiro atoms. The Bertz CT molecular complexity index is 824. The summed E-state index contributed by atoms with van der Waals surface area (Å²) >= 11 is 0. The van der Waals surface area contributed by atoms with E-state index in [1.165, 1.54) is 18.6 Å². The van der Waals surface area contributed by atoms with Gasteiger partial charge in [-0.25, -0.2) is 9.78 Å². The predicted octanol–water partition coefficient (Wildman–Crippen LogP) is 0.273. The molecule has 13 heteroatoms. The van der Waals surface area contributed by atoms with E-state index in [0.29, 0.717) is 12.8 Å². The van der Waals surface area contributed by atoms with Gasteiger partial charge in [0.1, 0.15) is 23.8 Å². The summed E-state index contributed by atoms with van der Waals surface area (Å²) < 4.78 is 0. The SMILES string of the molecule is CC(C)C[C@H](NC(=O)[C@H](CC(C)C)NC(=O)[C@H](CC(C)C)NC(=O)c1cnccn1)C(=O)O.O[B]O. The van der Waals surface area contributed by atoms with E-state index in [2.05, 4.69) is 25.9 Å². The average molecular weight is 508 g/mol. The molecule has 6 N–H and O–H groups in total. The number of amides is 3. The van der Waals surface area contributed by atoms with Crippen LogP contribution in [-0.2, 0) is 14.4 Å². The molecular formula is C23H39BN5O7. The second kappa shape index (κ2) is 17.4. The molecule has 201 valence electrons. The van der Waals surface area contributed by atoms with Crippen molar-refractivity contribution in [2.24, 2.45) is 17.8 Å². The molecule has 12 nitrogen and oxygen atoms in total. The number of aromatic nitrogens is 2. The van der Waals surface area contributed by atoms with E-state index in [1.54, 1.807) is 0 Å². The first-order valence-corrected chi connectivity index (χ1v) is 11.8. The number of hydrogen-bond donors (Lipinski definition) is 6. The lowest BCUT2D eigenvalue weighted by atomic mass is 9.99. The van der Waals surface area contributed by atoms with Crippen LogP contribution >= 0.6 is 0 Å². The lowest BCUT2D eigenvalue weighted by Crippen LogP contribution is -2.56. The van der Waals surface area contributed by atoms with Crippen molar-refractivity contribution >= 4 is 31.4 Å². The van der Waals surface area contributed by atoms with Crippen molar-refractivity contribution in [3.8, 4) is 0 Å². The maximum atomic E-state index is 13.1. The third kappa shape index (κ3) is 13.7. The number of rotatable bonds is 13. The summed E-state index contributed by atoms with van der Waals surface area (Å²) in [5.74, 6) is -2.53. The number of nitrogens with zero attached hydrogens (tertiary/aromatic N) is 2. The Labute approximate surface area is 213 Å². The molecule has 0 unspecified atom stereocenters. The van der Waals surface area contributed by atoms with Crippen molar-refractivity contribution in [1.82, 2.24) is 25.9 Å². The fraction of sp³-hybridized carbons (Fsp3) is 0.652. The van der Waals surface area contributed by atoms with E-state index in [0.717, 1.165) is 0 Å². The van der Waals surface area contributed by atoms with E-state index >= 15 is 0 Å². The zero-order valence-corrected chi connectivity index (χ0v) is 21.8. The fourth-order valence-corrected chi connectivity index (χ4v) is 3.29. The highest BCUT2D eigenvalue weighted by atomic mass is 16.4. The number of carbonyl (C=O) groups is 4. The maximum absolute atomic E-state index is 13.1. The first-order chi connectivity index (χ1) is 16.8. The van der Waals surface area contributed by atoms with Gasteiger partial charge in [-0.1, -0.05) is 41.5 Å². The summed E-state index contributed by atoms with van der Waals surface area (Å²) in [6.45, 7) is 11.4. The van der Waals surface area contributed by atoms with Gasteiger partial charge in [0.25, 0.3) is 5.91 Å². The van der Waals surface area contributed by atoms with E-state index in [9.17, 15) is 24.3 Å². The van der Waals surface area contributed by atoms with Gasteiger partial charge >= 0.3 is 13.7 Å². The van der Waals surface area contributed by atoms with Crippen molar-refractivity contribution < 1.29 is 34.3 Å². The van der Waals surface area contributed by atoms with E-state index in [4.69, 9.17) is 10.0 Å². The van der Waals surface area contributed by atoms with Crippen molar-refractivity contribution in [2.75, 3.05) is 0 Å². The molecular weight excluding hydrogens is 469 g/mol. The predicted molar refractivity (Wildman–Crippen MR) is 133 cm³/mol. The molecule has 1 rings (SSSR count). The lowest BCUT2D eigenvalue weighted by Gasteiger charge is -2.26. The third-order valence-electron chi connectivity index (χ3n) is 4.79. The Morgan fingerprint density at radius 2 is 1.19 bits per heavy atom. The van der Waals surface area contributed by atoms with Crippen LogP contribution in [0.5, 0.6) is 0 Å². The molecule has 0 aliphatic carbocycles. The zero-order valence-electron chi connectivity index (χ0n) is 21.8. The van der Waals surface area contributed by atoms with Gasteiger partial charge in [-0.3, -0.25) is 19.4 Å². The summed E-state index contributed by atoms with van der Waals surface area (Å²) in [5.41, 5.74) is 0.0773. The monoisotopic (exact) mass is 508 g/mol. The number of hydrogen-bond acceptors (Lipinski definition) is 8. The van der Waals surface area contributed by atoms with Gasteiger partial charge in [-0.2, -0.15) is 0 Å². The topological polar surface area (TPSA) is 191 Å². The summed E-state index contributed by atoms with van der Waals surface area (Å²) in [6.07, 6.45) is 5.05. The molecule has 1 aromatic rings. The average Bonchev–Trinajstić information content (AvgIpc) is 2.77. The molecule has 0 saturated heterocycles. The number of nitrogens with one attached hydrogen (secondary N) is 3. The van der Waals surface area contributed by atoms with Crippen LogP contribution in [0.1, 0.15) is 71.3 Å². The van der Waals surface area contributed by atoms with Crippen molar-refractivity contribution in [2.45, 2.75) is 78.9 Å². The molecule has 0 saturated carbocycles. The van der Waals surface area contributed by atoms with Gasteiger partial charge in [0.2, 0.25) is 11.8 Å². The number of carboxylic acids is 1. The van der Waals surface area contributed by atoms with Crippen molar-refractivity contribution in [3.05, 3.63) is 24.3 Å². The summed E-state index contributed by atoms with van der Waals surface area (Å²) in [6, 6.07) is -2.88. The fourth-order valence-electron chi connectivity index (χ4n) is 3.29. The highest BCUT2D eigenvalue weighted by Gasteiger charge is 2.30. The van der Waals surface area contributed by atoms with Crippen LogP contribution in [-0.4, -0.2) is 74.6 Å². The zero-order chi connectivity index (χ0) is 27.8. The molecule has 3 atom stereocenters. The smallest absolute Gasteiger partial charge is 0.480 e. The lowest BCUT2D eigenvalue weighted by molar-refractivity contribution is -0.142. The molecule has 0 fully saturated rings. The number of aliphatic carboxylic acids is 1. The van der Waals surface area contributed by atoms with Gasteiger partial charge < -0.3 is 31.1 Å². The van der Waals surface area contributed by atoms with Gasteiger partial charge in [0.15, 0.2) is 0 Å². The Balaban J connectivity index is 0.00000387.